The lowest BCUT2D eigenvalue weighted by molar-refractivity contribution is -0.132. The van der Waals surface area contributed by atoms with Crippen LogP contribution in [0.15, 0.2) is 36.5 Å². The number of amides is 1. The van der Waals surface area contributed by atoms with Gasteiger partial charge in [0.15, 0.2) is 0 Å². The molecular weight excluding hydrogens is 971 g/mol. The number of aliphatic hydroxyl groups excluding tert-OH is 4. The molecule has 5 N–H and O–H groups in total. The van der Waals surface area contributed by atoms with Gasteiger partial charge in [-0.1, -0.05) is 359 Å². The van der Waals surface area contributed by atoms with Crippen LogP contribution in [0.1, 0.15) is 393 Å². The molecule has 0 aliphatic heterocycles. The van der Waals surface area contributed by atoms with E-state index in [1.807, 2.05) is 0 Å². The van der Waals surface area contributed by atoms with Crippen molar-refractivity contribution in [1.29, 1.82) is 0 Å². The summed E-state index contributed by atoms with van der Waals surface area (Å²) in [6, 6.07) is -1.00. The van der Waals surface area contributed by atoms with Gasteiger partial charge in [-0.3, -0.25) is 4.79 Å². The molecule has 0 rings (SSSR count). The van der Waals surface area contributed by atoms with Crippen LogP contribution in [-0.2, 0) is 4.79 Å². The lowest BCUT2D eigenvalue weighted by atomic mass is 10.00. The van der Waals surface area contributed by atoms with Crippen molar-refractivity contribution in [2.45, 2.75) is 417 Å². The molecule has 0 spiro atoms. The molecule has 0 aromatic heterocycles. The molecule has 4 atom stereocenters. The smallest absolute Gasteiger partial charge is 0.249 e. The van der Waals surface area contributed by atoms with Crippen LogP contribution in [-0.4, -0.2) is 57.3 Å². The van der Waals surface area contributed by atoms with E-state index in [4.69, 9.17) is 0 Å². The van der Waals surface area contributed by atoms with Crippen molar-refractivity contribution in [1.82, 2.24) is 5.32 Å². The van der Waals surface area contributed by atoms with Gasteiger partial charge < -0.3 is 25.7 Å². The molecule has 0 heterocycles. The Labute approximate surface area is 494 Å². The maximum atomic E-state index is 12.7. The van der Waals surface area contributed by atoms with Crippen molar-refractivity contribution >= 4 is 5.91 Å². The van der Waals surface area contributed by atoms with Crippen LogP contribution in [0, 0.1) is 0 Å². The van der Waals surface area contributed by atoms with Crippen molar-refractivity contribution in [3.63, 3.8) is 0 Å². The number of carbonyl (C=O) groups excluding carboxylic acids is 1. The van der Waals surface area contributed by atoms with Crippen LogP contribution in [0.25, 0.3) is 0 Å². The lowest BCUT2D eigenvalue weighted by Gasteiger charge is -2.27. The second-order valence-electron chi connectivity index (χ2n) is 24.9. The first-order valence-corrected chi connectivity index (χ1v) is 35.9. The zero-order valence-electron chi connectivity index (χ0n) is 53.4. The van der Waals surface area contributed by atoms with Crippen molar-refractivity contribution < 1.29 is 25.2 Å². The minimum atomic E-state index is -1.28. The first kappa shape index (κ1) is 77.5. The van der Waals surface area contributed by atoms with Gasteiger partial charge in [-0.25, -0.2) is 0 Å². The van der Waals surface area contributed by atoms with Crippen LogP contribution in [0.4, 0.5) is 0 Å². The number of unbranched alkanes of at least 4 members (excludes halogenated alkanes) is 52. The summed E-state index contributed by atoms with van der Waals surface area (Å²) >= 11 is 0. The van der Waals surface area contributed by atoms with Gasteiger partial charge in [-0.2, -0.15) is 0 Å². The van der Waals surface area contributed by atoms with E-state index in [0.717, 1.165) is 44.9 Å². The standard InChI is InChI=1S/C73H141NO5/c1-3-5-7-9-11-13-15-17-19-21-23-25-27-29-31-33-34-35-36-37-39-41-43-45-47-49-51-53-55-57-59-61-63-65-67-71(77)73(79)74-69(68-75)72(78)70(76)66-64-62-60-58-56-54-52-50-48-46-44-42-40-38-32-30-28-26-24-22-20-18-16-14-12-10-8-6-4-2/h27,29,33-34,58,60,69-72,75-78H,3-26,28,30-32,35-57,59,61-68H2,1-2H3,(H,74,79)/b29-27-,34-33-,60-58+. The number of allylic oxidation sites excluding steroid dienone is 6. The highest BCUT2D eigenvalue weighted by Crippen LogP contribution is 2.19. The van der Waals surface area contributed by atoms with E-state index in [0.29, 0.717) is 12.8 Å². The van der Waals surface area contributed by atoms with Gasteiger partial charge in [0.1, 0.15) is 12.2 Å². The van der Waals surface area contributed by atoms with Gasteiger partial charge in [0, 0.05) is 0 Å². The van der Waals surface area contributed by atoms with E-state index in [9.17, 15) is 25.2 Å². The summed E-state index contributed by atoms with van der Waals surface area (Å²) < 4.78 is 0. The number of hydrogen-bond donors (Lipinski definition) is 5. The van der Waals surface area contributed by atoms with Gasteiger partial charge in [-0.05, 0) is 70.6 Å². The molecule has 468 valence electrons. The Morgan fingerprint density at radius 1 is 0.316 bits per heavy atom. The molecule has 6 heteroatoms. The second kappa shape index (κ2) is 67.3. The highest BCUT2D eigenvalue weighted by Gasteiger charge is 2.28. The summed E-state index contributed by atoms with van der Waals surface area (Å²) in [5.41, 5.74) is 0. The van der Waals surface area contributed by atoms with E-state index < -0.39 is 36.9 Å². The highest BCUT2D eigenvalue weighted by molar-refractivity contribution is 5.80. The van der Waals surface area contributed by atoms with E-state index in [2.05, 4.69) is 55.6 Å². The van der Waals surface area contributed by atoms with Gasteiger partial charge in [0.2, 0.25) is 5.91 Å². The molecular formula is C73H141NO5. The third kappa shape index (κ3) is 60.9. The summed E-state index contributed by atoms with van der Waals surface area (Å²) in [7, 11) is 0. The van der Waals surface area contributed by atoms with Crippen molar-refractivity contribution in [3.8, 4) is 0 Å². The quantitative estimate of drug-likeness (QED) is 0.0308. The number of aliphatic hydroxyl groups is 4. The van der Waals surface area contributed by atoms with Crippen molar-refractivity contribution in [2.24, 2.45) is 0 Å². The number of nitrogens with one attached hydrogen (secondary N) is 1. The highest BCUT2D eigenvalue weighted by atomic mass is 16.3. The van der Waals surface area contributed by atoms with Crippen LogP contribution < -0.4 is 5.32 Å². The summed E-state index contributed by atoms with van der Waals surface area (Å²) in [6.07, 6.45) is 87.1. The summed E-state index contributed by atoms with van der Waals surface area (Å²) in [6.45, 7) is 4.10. The molecule has 0 saturated heterocycles. The molecule has 6 nitrogen and oxygen atoms in total. The van der Waals surface area contributed by atoms with Gasteiger partial charge in [0.05, 0.1) is 18.8 Å². The minimum absolute atomic E-state index is 0.365. The number of hydrogen-bond acceptors (Lipinski definition) is 5. The Morgan fingerprint density at radius 3 is 0.835 bits per heavy atom. The fourth-order valence-corrected chi connectivity index (χ4v) is 11.5. The predicted octanol–water partition coefficient (Wildman–Crippen LogP) is 22.3. The molecule has 0 aromatic carbocycles. The summed E-state index contributed by atoms with van der Waals surface area (Å²) in [4.78, 5) is 12.7. The predicted molar refractivity (Wildman–Crippen MR) is 348 cm³/mol. The fourth-order valence-electron chi connectivity index (χ4n) is 11.5. The van der Waals surface area contributed by atoms with Crippen LogP contribution in [0.3, 0.4) is 0 Å². The molecule has 0 bridgehead atoms. The summed E-state index contributed by atoms with van der Waals surface area (Å²) in [5.74, 6) is -0.587. The Kier molecular flexibility index (Phi) is 66.1. The first-order valence-electron chi connectivity index (χ1n) is 35.9. The minimum Gasteiger partial charge on any atom is -0.394 e. The molecule has 0 fully saturated rings. The maximum Gasteiger partial charge on any atom is 0.249 e. The van der Waals surface area contributed by atoms with E-state index in [-0.39, 0.29) is 0 Å². The van der Waals surface area contributed by atoms with Crippen LogP contribution >= 0.6 is 0 Å². The normalized spacial score (nSPS) is 13.6. The first-order chi connectivity index (χ1) is 39.0. The Balaban J connectivity index is 3.56. The topological polar surface area (TPSA) is 110 Å². The molecule has 0 radical (unpaired) electrons. The molecule has 0 aliphatic rings. The van der Waals surface area contributed by atoms with E-state index in [1.165, 1.54) is 321 Å². The van der Waals surface area contributed by atoms with Gasteiger partial charge in [0.25, 0.3) is 0 Å². The molecule has 0 saturated carbocycles. The largest absolute Gasteiger partial charge is 0.394 e. The van der Waals surface area contributed by atoms with Crippen LogP contribution in [0.2, 0.25) is 0 Å². The van der Waals surface area contributed by atoms with Crippen LogP contribution in [0.5, 0.6) is 0 Å². The molecule has 0 aliphatic carbocycles. The zero-order valence-corrected chi connectivity index (χ0v) is 53.4. The third-order valence-corrected chi connectivity index (χ3v) is 17.1. The number of rotatable bonds is 67. The Hall–Kier alpha value is -1.47. The average molecular weight is 1110 g/mol. The zero-order chi connectivity index (χ0) is 57.3. The summed E-state index contributed by atoms with van der Waals surface area (Å²) in [5, 5.41) is 44.2. The van der Waals surface area contributed by atoms with Gasteiger partial charge >= 0.3 is 0 Å². The molecule has 4 unspecified atom stereocenters. The number of carbonyl (C=O) groups is 1. The molecule has 79 heavy (non-hydrogen) atoms. The van der Waals surface area contributed by atoms with E-state index in [1.54, 1.807) is 0 Å². The monoisotopic (exact) mass is 1110 g/mol. The second-order valence-corrected chi connectivity index (χ2v) is 24.9. The Bertz CT molecular complexity index is 1250. The van der Waals surface area contributed by atoms with Gasteiger partial charge in [-0.15, -0.1) is 0 Å². The SMILES string of the molecule is CCCCCCCCCCCCC/C=C\C/C=C\CCCCCCCCCCCCCCCCCCC(O)C(=O)NC(CO)C(O)C(O)CCC/C=C/CCCCCCCCCCCCCCCCCCCCCCCCCC. The molecule has 1 amide bonds. The van der Waals surface area contributed by atoms with E-state index >= 15 is 0 Å². The lowest BCUT2D eigenvalue weighted by Crippen LogP contribution is -2.53. The third-order valence-electron chi connectivity index (χ3n) is 17.1. The molecule has 0 aromatic rings. The Morgan fingerprint density at radius 2 is 0.557 bits per heavy atom. The van der Waals surface area contributed by atoms with Crippen molar-refractivity contribution in [3.05, 3.63) is 36.5 Å². The van der Waals surface area contributed by atoms with Crippen molar-refractivity contribution in [2.75, 3.05) is 6.61 Å². The maximum absolute atomic E-state index is 12.7. The average Bonchev–Trinajstić information content (AvgIpc) is 3.45. The fraction of sp³-hybridized carbons (Fsp3) is 0.904.